The SMILES string of the molecule is CCCN(C)C(=O)c1cc2cc(N)ccc2[nH]1. The lowest BCUT2D eigenvalue weighted by atomic mass is 10.2. The molecule has 0 aliphatic heterocycles. The second-order valence-electron chi connectivity index (χ2n) is 4.26. The van der Waals surface area contributed by atoms with Gasteiger partial charge in [-0.2, -0.15) is 0 Å². The summed E-state index contributed by atoms with van der Waals surface area (Å²) in [5, 5.41) is 0.971. The van der Waals surface area contributed by atoms with Crippen LogP contribution in [0.15, 0.2) is 24.3 Å². The number of benzene rings is 1. The van der Waals surface area contributed by atoms with E-state index in [0.29, 0.717) is 11.4 Å². The first-order valence-electron chi connectivity index (χ1n) is 5.75. The number of carbonyl (C=O) groups excluding carboxylic acids is 1. The molecule has 2 aromatic rings. The number of aromatic nitrogens is 1. The number of H-pyrrole nitrogens is 1. The van der Waals surface area contributed by atoms with Gasteiger partial charge in [0.25, 0.3) is 5.91 Å². The number of nitrogen functional groups attached to an aromatic ring is 1. The minimum atomic E-state index is 0.0154. The fourth-order valence-corrected chi connectivity index (χ4v) is 1.91. The Labute approximate surface area is 100 Å². The van der Waals surface area contributed by atoms with Crippen molar-refractivity contribution in [2.24, 2.45) is 0 Å². The average molecular weight is 231 g/mol. The summed E-state index contributed by atoms with van der Waals surface area (Å²) in [7, 11) is 1.81. The third-order valence-electron chi connectivity index (χ3n) is 2.78. The molecule has 0 fully saturated rings. The number of hydrogen-bond acceptors (Lipinski definition) is 2. The first kappa shape index (κ1) is 11.5. The summed E-state index contributed by atoms with van der Waals surface area (Å²) in [6.45, 7) is 2.81. The molecule has 0 radical (unpaired) electrons. The van der Waals surface area contributed by atoms with Gasteiger partial charge in [0.15, 0.2) is 0 Å². The number of nitrogens with one attached hydrogen (secondary N) is 1. The van der Waals surface area contributed by atoms with E-state index in [1.54, 1.807) is 4.90 Å². The van der Waals surface area contributed by atoms with E-state index in [4.69, 9.17) is 5.73 Å². The van der Waals surface area contributed by atoms with Gasteiger partial charge in [-0.25, -0.2) is 0 Å². The molecule has 0 saturated carbocycles. The number of amides is 1. The van der Waals surface area contributed by atoms with E-state index in [1.165, 1.54) is 0 Å². The van der Waals surface area contributed by atoms with Crippen LogP contribution in [0.5, 0.6) is 0 Å². The number of carbonyl (C=O) groups is 1. The van der Waals surface area contributed by atoms with E-state index >= 15 is 0 Å². The highest BCUT2D eigenvalue weighted by molar-refractivity contribution is 5.98. The second-order valence-corrected chi connectivity index (χ2v) is 4.26. The molecule has 0 aliphatic carbocycles. The fraction of sp³-hybridized carbons (Fsp3) is 0.308. The monoisotopic (exact) mass is 231 g/mol. The van der Waals surface area contributed by atoms with Crippen LogP contribution in [-0.4, -0.2) is 29.4 Å². The van der Waals surface area contributed by atoms with Gasteiger partial charge in [-0.3, -0.25) is 4.79 Å². The smallest absolute Gasteiger partial charge is 0.270 e. The predicted octanol–water partition coefficient (Wildman–Crippen LogP) is 2.23. The Morgan fingerprint density at radius 3 is 2.88 bits per heavy atom. The van der Waals surface area contributed by atoms with Crippen LogP contribution >= 0.6 is 0 Å². The van der Waals surface area contributed by atoms with Gasteiger partial charge < -0.3 is 15.6 Å². The summed E-state index contributed by atoms with van der Waals surface area (Å²) < 4.78 is 0. The Balaban J connectivity index is 2.33. The Bertz CT molecular complexity index is 545. The van der Waals surface area contributed by atoms with Crippen molar-refractivity contribution in [3.8, 4) is 0 Å². The van der Waals surface area contributed by atoms with Crippen LogP contribution in [0.25, 0.3) is 10.9 Å². The summed E-state index contributed by atoms with van der Waals surface area (Å²) in [6, 6.07) is 7.42. The van der Waals surface area contributed by atoms with Crippen LogP contribution in [0.4, 0.5) is 5.69 Å². The molecule has 17 heavy (non-hydrogen) atoms. The minimum absolute atomic E-state index is 0.0154. The molecule has 0 aliphatic rings. The molecule has 0 bridgehead atoms. The lowest BCUT2D eigenvalue weighted by Crippen LogP contribution is -2.27. The number of fused-ring (bicyclic) bond motifs is 1. The zero-order chi connectivity index (χ0) is 12.4. The number of rotatable bonds is 3. The normalized spacial score (nSPS) is 10.7. The van der Waals surface area contributed by atoms with Gasteiger partial charge in [0.05, 0.1) is 0 Å². The zero-order valence-corrected chi connectivity index (χ0v) is 10.2. The van der Waals surface area contributed by atoms with Crippen molar-refractivity contribution in [2.45, 2.75) is 13.3 Å². The summed E-state index contributed by atoms with van der Waals surface area (Å²) in [6.07, 6.45) is 0.954. The topological polar surface area (TPSA) is 62.1 Å². The number of nitrogens with zero attached hydrogens (tertiary/aromatic N) is 1. The molecular weight excluding hydrogens is 214 g/mol. The number of hydrogen-bond donors (Lipinski definition) is 2. The molecule has 4 nitrogen and oxygen atoms in total. The summed E-state index contributed by atoms with van der Waals surface area (Å²) >= 11 is 0. The van der Waals surface area contributed by atoms with Crippen LogP contribution in [-0.2, 0) is 0 Å². The summed E-state index contributed by atoms with van der Waals surface area (Å²) in [5.41, 5.74) is 7.96. The maximum absolute atomic E-state index is 12.1. The van der Waals surface area contributed by atoms with Crippen molar-refractivity contribution in [2.75, 3.05) is 19.3 Å². The quantitative estimate of drug-likeness (QED) is 0.796. The van der Waals surface area contributed by atoms with Gasteiger partial charge in [-0.05, 0) is 30.7 Å². The summed E-state index contributed by atoms with van der Waals surface area (Å²) in [5.74, 6) is 0.0154. The Kier molecular flexibility index (Phi) is 3.04. The largest absolute Gasteiger partial charge is 0.399 e. The van der Waals surface area contributed by atoms with E-state index in [0.717, 1.165) is 23.9 Å². The van der Waals surface area contributed by atoms with Gasteiger partial charge in [0, 0.05) is 30.2 Å². The van der Waals surface area contributed by atoms with E-state index in [2.05, 4.69) is 11.9 Å². The van der Waals surface area contributed by atoms with Crippen LogP contribution in [0.2, 0.25) is 0 Å². The number of aromatic amines is 1. The van der Waals surface area contributed by atoms with E-state index in [9.17, 15) is 4.79 Å². The highest BCUT2D eigenvalue weighted by atomic mass is 16.2. The van der Waals surface area contributed by atoms with Gasteiger partial charge in [-0.15, -0.1) is 0 Å². The lowest BCUT2D eigenvalue weighted by molar-refractivity contribution is 0.0790. The predicted molar refractivity (Wildman–Crippen MR) is 70.0 cm³/mol. The third kappa shape index (κ3) is 2.25. The van der Waals surface area contributed by atoms with Crippen molar-refractivity contribution < 1.29 is 4.79 Å². The van der Waals surface area contributed by atoms with Crippen LogP contribution in [0.1, 0.15) is 23.8 Å². The number of anilines is 1. The van der Waals surface area contributed by atoms with Gasteiger partial charge in [0.1, 0.15) is 5.69 Å². The molecule has 0 spiro atoms. The van der Waals surface area contributed by atoms with Gasteiger partial charge in [-0.1, -0.05) is 6.92 Å². The van der Waals surface area contributed by atoms with Gasteiger partial charge >= 0.3 is 0 Å². The molecule has 1 aromatic heterocycles. The average Bonchev–Trinajstić information content (AvgIpc) is 2.71. The Hall–Kier alpha value is -1.97. The third-order valence-corrected chi connectivity index (χ3v) is 2.78. The molecule has 1 aromatic carbocycles. The Morgan fingerprint density at radius 2 is 2.18 bits per heavy atom. The van der Waals surface area contributed by atoms with E-state index in [1.807, 2.05) is 31.3 Å². The molecule has 3 N–H and O–H groups in total. The molecule has 0 unspecified atom stereocenters. The van der Waals surface area contributed by atoms with Gasteiger partial charge in [0.2, 0.25) is 0 Å². The molecule has 90 valence electrons. The Morgan fingerprint density at radius 1 is 1.41 bits per heavy atom. The maximum Gasteiger partial charge on any atom is 0.270 e. The molecule has 0 saturated heterocycles. The number of nitrogens with two attached hydrogens (primary N) is 1. The fourth-order valence-electron chi connectivity index (χ4n) is 1.91. The van der Waals surface area contributed by atoms with Crippen LogP contribution < -0.4 is 5.73 Å². The van der Waals surface area contributed by atoms with Crippen LogP contribution in [0, 0.1) is 0 Å². The lowest BCUT2D eigenvalue weighted by Gasteiger charge is -2.14. The van der Waals surface area contributed by atoms with Crippen LogP contribution in [0.3, 0.4) is 0 Å². The molecule has 1 amide bonds. The molecular formula is C13H17N3O. The van der Waals surface area contributed by atoms with Crippen molar-refractivity contribution in [3.63, 3.8) is 0 Å². The van der Waals surface area contributed by atoms with Crippen molar-refractivity contribution in [1.82, 2.24) is 9.88 Å². The zero-order valence-electron chi connectivity index (χ0n) is 10.2. The van der Waals surface area contributed by atoms with E-state index in [-0.39, 0.29) is 5.91 Å². The summed E-state index contributed by atoms with van der Waals surface area (Å²) in [4.78, 5) is 16.9. The second kappa shape index (κ2) is 4.49. The van der Waals surface area contributed by atoms with Crippen molar-refractivity contribution >= 4 is 22.5 Å². The first-order valence-corrected chi connectivity index (χ1v) is 5.75. The van der Waals surface area contributed by atoms with Crippen molar-refractivity contribution in [1.29, 1.82) is 0 Å². The molecule has 4 heteroatoms. The molecule has 0 atom stereocenters. The first-order chi connectivity index (χ1) is 8.11. The van der Waals surface area contributed by atoms with Crippen molar-refractivity contribution in [3.05, 3.63) is 30.0 Å². The highest BCUT2D eigenvalue weighted by Crippen LogP contribution is 2.19. The maximum atomic E-state index is 12.1. The standard InChI is InChI=1S/C13H17N3O/c1-3-6-16(2)13(17)12-8-9-7-10(14)4-5-11(9)15-12/h4-5,7-8,15H,3,6,14H2,1-2H3. The highest BCUT2D eigenvalue weighted by Gasteiger charge is 2.13. The minimum Gasteiger partial charge on any atom is -0.399 e. The molecule has 2 rings (SSSR count). The van der Waals surface area contributed by atoms with E-state index < -0.39 is 0 Å². The molecule has 1 heterocycles.